The van der Waals surface area contributed by atoms with Gasteiger partial charge in [-0.3, -0.25) is 4.40 Å². The Morgan fingerprint density at radius 3 is 3.00 bits per heavy atom. The Morgan fingerprint density at radius 1 is 1.37 bits per heavy atom. The number of nitrogens with zero attached hydrogens (tertiary/aromatic N) is 3. The number of halogens is 1. The van der Waals surface area contributed by atoms with Crippen LogP contribution in [0, 0.1) is 12.7 Å². The first-order chi connectivity index (χ1) is 9.13. The predicted octanol–water partition coefficient (Wildman–Crippen LogP) is 2.55. The summed E-state index contributed by atoms with van der Waals surface area (Å²) < 4.78 is 20.4. The molecule has 2 aromatic heterocycles. The second-order valence-corrected chi connectivity index (χ2v) is 4.14. The average Bonchev–Trinajstić information content (AvgIpc) is 2.80. The monoisotopic (exact) mass is 258 g/mol. The van der Waals surface area contributed by atoms with Crippen LogP contribution >= 0.6 is 0 Å². The van der Waals surface area contributed by atoms with Crippen molar-refractivity contribution in [2.75, 3.05) is 5.73 Å². The second-order valence-electron chi connectivity index (χ2n) is 4.14. The third-order valence-corrected chi connectivity index (χ3v) is 2.71. The summed E-state index contributed by atoms with van der Waals surface area (Å²) in [6.07, 6.45) is 5.02. The van der Waals surface area contributed by atoms with E-state index in [4.69, 9.17) is 10.5 Å². The van der Waals surface area contributed by atoms with Crippen LogP contribution in [-0.2, 0) is 0 Å². The van der Waals surface area contributed by atoms with Gasteiger partial charge in [0.1, 0.15) is 17.4 Å². The fourth-order valence-electron chi connectivity index (χ4n) is 1.82. The molecule has 0 unspecified atom stereocenters. The van der Waals surface area contributed by atoms with Crippen molar-refractivity contribution < 1.29 is 9.13 Å². The standard InChI is InChI=1S/C13H11FN4O/c1-8-6-9(14)2-3-10(8)19-13-12-16-4-5-18(12)7-11(15)17-13/h2-7H,15H2,1H3. The van der Waals surface area contributed by atoms with Gasteiger partial charge in [-0.15, -0.1) is 0 Å². The van der Waals surface area contributed by atoms with Gasteiger partial charge in [0, 0.05) is 12.4 Å². The Balaban J connectivity index is 2.07. The van der Waals surface area contributed by atoms with Gasteiger partial charge in [0.25, 0.3) is 5.88 Å². The number of hydrogen-bond acceptors (Lipinski definition) is 4. The summed E-state index contributed by atoms with van der Waals surface area (Å²) in [7, 11) is 0. The van der Waals surface area contributed by atoms with Crippen LogP contribution in [0.2, 0.25) is 0 Å². The Bertz CT molecular complexity index is 753. The molecular formula is C13H11FN4O. The molecule has 3 aromatic rings. The van der Waals surface area contributed by atoms with E-state index in [0.717, 1.165) is 0 Å². The van der Waals surface area contributed by atoms with Crippen molar-refractivity contribution in [2.24, 2.45) is 0 Å². The zero-order valence-corrected chi connectivity index (χ0v) is 10.2. The number of hydrogen-bond donors (Lipinski definition) is 1. The fourth-order valence-corrected chi connectivity index (χ4v) is 1.82. The number of aromatic nitrogens is 3. The van der Waals surface area contributed by atoms with Gasteiger partial charge in [-0.25, -0.2) is 9.37 Å². The number of benzene rings is 1. The quantitative estimate of drug-likeness (QED) is 0.767. The normalized spacial score (nSPS) is 10.8. The third-order valence-electron chi connectivity index (χ3n) is 2.71. The first-order valence-electron chi connectivity index (χ1n) is 5.66. The van der Waals surface area contributed by atoms with Crippen molar-refractivity contribution in [3.63, 3.8) is 0 Å². The summed E-state index contributed by atoms with van der Waals surface area (Å²) in [5.74, 6) is 0.820. The number of imidazole rings is 1. The first kappa shape index (κ1) is 11.5. The van der Waals surface area contributed by atoms with Crippen molar-refractivity contribution >= 4 is 11.5 Å². The molecular weight excluding hydrogens is 247 g/mol. The summed E-state index contributed by atoms with van der Waals surface area (Å²) in [6, 6.07) is 4.27. The van der Waals surface area contributed by atoms with E-state index in [2.05, 4.69) is 9.97 Å². The number of aryl methyl sites for hydroxylation is 1. The molecule has 0 saturated carbocycles. The van der Waals surface area contributed by atoms with Crippen molar-refractivity contribution in [3.05, 3.63) is 48.2 Å². The summed E-state index contributed by atoms with van der Waals surface area (Å²) in [5, 5.41) is 0. The number of rotatable bonds is 2. The lowest BCUT2D eigenvalue weighted by atomic mass is 10.2. The van der Waals surface area contributed by atoms with Gasteiger partial charge in [0.2, 0.25) is 5.65 Å². The van der Waals surface area contributed by atoms with Crippen molar-refractivity contribution in [1.29, 1.82) is 0 Å². The van der Waals surface area contributed by atoms with Gasteiger partial charge in [-0.2, -0.15) is 4.98 Å². The lowest BCUT2D eigenvalue weighted by Crippen LogP contribution is -1.99. The SMILES string of the molecule is Cc1cc(F)ccc1Oc1nc(N)cn2ccnc12. The molecule has 0 atom stereocenters. The molecule has 3 rings (SSSR count). The zero-order valence-electron chi connectivity index (χ0n) is 10.2. The number of nitrogens with two attached hydrogens (primary N) is 1. The highest BCUT2D eigenvalue weighted by Gasteiger charge is 2.10. The molecule has 2 N–H and O–H groups in total. The smallest absolute Gasteiger partial charge is 0.265 e. The third kappa shape index (κ3) is 2.08. The molecule has 0 amide bonds. The number of nitrogen functional groups attached to an aromatic ring is 1. The molecule has 0 radical (unpaired) electrons. The molecule has 0 aliphatic heterocycles. The van der Waals surface area contributed by atoms with Crippen LogP contribution in [0.25, 0.3) is 5.65 Å². The molecule has 19 heavy (non-hydrogen) atoms. The van der Waals surface area contributed by atoms with E-state index >= 15 is 0 Å². The van der Waals surface area contributed by atoms with Crippen molar-refractivity contribution in [1.82, 2.24) is 14.4 Å². The molecule has 0 aliphatic rings. The van der Waals surface area contributed by atoms with E-state index in [0.29, 0.717) is 28.7 Å². The van der Waals surface area contributed by atoms with E-state index in [9.17, 15) is 4.39 Å². The number of fused-ring (bicyclic) bond motifs is 1. The van der Waals surface area contributed by atoms with Crippen molar-refractivity contribution in [2.45, 2.75) is 6.92 Å². The molecule has 1 aromatic carbocycles. The maximum absolute atomic E-state index is 13.0. The minimum Gasteiger partial charge on any atom is -0.436 e. The largest absolute Gasteiger partial charge is 0.436 e. The zero-order chi connectivity index (χ0) is 13.4. The maximum atomic E-state index is 13.0. The summed E-state index contributed by atoms with van der Waals surface area (Å²) in [4.78, 5) is 8.26. The molecule has 96 valence electrons. The molecule has 6 heteroatoms. The molecule has 0 spiro atoms. The molecule has 5 nitrogen and oxygen atoms in total. The highest BCUT2D eigenvalue weighted by atomic mass is 19.1. The molecule has 0 aliphatic carbocycles. The van der Waals surface area contributed by atoms with Gasteiger partial charge in [0.05, 0.1) is 6.20 Å². The first-order valence-corrected chi connectivity index (χ1v) is 5.66. The number of anilines is 1. The van der Waals surface area contributed by atoms with E-state index in [1.165, 1.54) is 12.1 Å². The predicted molar refractivity (Wildman–Crippen MR) is 68.6 cm³/mol. The van der Waals surface area contributed by atoms with E-state index < -0.39 is 0 Å². The van der Waals surface area contributed by atoms with Gasteiger partial charge in [0.15, 0.2) is 0 Å². The van der Waals surface area contributed by atoms with E-state index in [1.807, 2.05) is 0 Å². The lowest BCUT2D eigenvalue weighted by molar-refractivity contribution is 0.460. The minimum absolute atomic E-state index is 0.291. The Kier molecular flexibility index (Phi) is 2.56. The Morgan fingerprint density at radius 2 is 2.21 bits per heavy atom. The lowest BCUT2D eigenvalue weighted by Gasteiger charge is -2.09. The van der Waals surface area contributed by atoms with Crippen molar-refractivity contribution in [3.8, 4) is 11.6 Å². The van der Waals surface area contributed by atoms with Gasteiger partial charge < -0.3 is 10.5 Å². The average molecular weight is 258 g/mol. The molecule has 0 bridgehead atoms. The van der Waals surface area contributed by atoms with Crippen LogP contribution in [0.3, 0.4) is 0 Å². The van der Waals surface area contributed by atoms with Crippen LogP contribution in [-0.4, -0.2) is 14.4 Å². The highest BCUT2D eigenvalue weighted by Crippen LogP contribution is 2.27. The summed E-state index contributed by atoms with van der Waals surface area (Å²) >= 11 is 0. The highest BCUT2D eigenvalue weighted by molar-refractivity contribution is 5.54. The van der Waals surface area contributed by atoms with Gasteiger partial charge in [-0.05, 0) is 30.7 Å². The fraction of sp³-hybridized carbons (Fsp3) is 0.0769. The van der Waals surface area contributed by atoms with Crippen LogP contribution in [0.15, 0.2) is 36.8 Å². The van der Waals surface area contributed by atoms with Crippen LogP contribution in [0.1, 0.15) is 5.56 Å². The maximum Gasteiger partial charge on any atom is 0.265 e. The molecule has 2 heterocycles. The molecule has 0 saturated heterocycles. The van der Waals surface area contributed by atoms with E-state index in [1.54, 1.807) is 36.0 Å². The van der Waals surface area contributed by atoms with Crippen LogP contribution in [0.5, 0.6) is 11.6 Å². The summed E-state index contributed by atoms with van der Waals surface area (Å²) in [5.41, 5.74) is 6.93. The summed E-state index contributed by atoms with van der Waals surface area (Å²) in [6.45, 7) is 1.76. The topological polar surface area (TPSA) is 65.4 Å². The Labute approximate surface area is 108 Å². The Hall–Kier alpha value is -2.63. The minimum atomic E-state index is -0.309. The van der Waals surface area contributed by atoms with Gasteiger partial charge >= 0.3 is 0 Å². The van der Waals surface area contributed by atoms with Crippen LogP contribution in [0.4, 0.5) is 10.2 Å². The van der Waals surface area contributed by atoms with Gasteiger partial charge in [-0.1, -0.05) is 0 Å². The second kappa shape index (κ2) is 4.24. The number of ether oxygens (including phenoxy) is 1. The van der Waals surface area contributed by atoms with E-state index in [-0.39, 0.29) is 5.82 Å². The molecule has 0 fully saturated rings. The van der Waals surface area contributed by atoms with Crippen LogP contribution < -0.4 is 10.5 Å².